The van der Waals surface area contributed by atoms with Gasteiger partial charge in [-0.2, -0.15) is 18.3 Å². The van der Waals surface area contributed by atoms with Gasteiger partial charge in [-0.1, -0.05) is 6.92 Å². The number of piperidine rings is 1. The lowest BCUT2D eigenvalue weighted by atomic mass is 9.82. The molecule has 1 aromatic carbocycles. The highest BCUT2D eigenvalue weighted by molar-refractivity contribution is 5.93. The molecule has 0 aliphatic carbocycles. The highest BCUT2D eigenvalue weighted by atomic mass is 19.4. The monoisotopic (exact) mass is 450 g/mol. The molecule has 0 amide bonds. The number of aromatic nitrogens is 2. The molecule has 2 aliphatic rings. The molecule has 1 aromatic heterocycles. The number of esters is 1. The maximum absolute atomic E-state index is 12.8. The van der Waals surface area contributed by atoms with E-state index in [1.807, 2.05) is 0 Å². The Bertz CT molecular complexity index is 1020. The van der Waals surface area contributed by atoms with E-state index in [-0.39, 0.29) is 0 Å². The predicted molar refractivity (Wildman–Crippen MR) is 111 cm³/mol. The molecule has 2 N–H and O–H groups in total. The van der Waals surface area contributed by atoms with Gasteiger partial charge >= 0.3 is 12.1 Å². The molecule has 1 atom stereocenters. The lowest BCUT2D eigenvalue weighted by Crippen LogP contribution is -2.48. The first-order valence-corrected chi connectivity index (χ1v) is 10.5. The summed E-state index contributed by atoms with van der Waals surface area (Å²) >= 11 is 0. The first-order chi connectivity index (χ1) is 15.1. The standard InChI is InChI=1S/C22H25F3N4O3/c1-3-28-12-9-21(10-13-28)18(14(2)20(31)32-21)19(30)26-15-4-6-16(7-5-15)29-11-8-17(27-29)22(23,24)25/h4-8,11,19,26,30H,3,9-10,12-13H2,1-2H3. The van der Waals surface area contributed by atoms with Crippen LogP contribution in [0.4, 0.5) is 18.9 Å². The molecule has 2 aromatic rings. The van der Waals surface area contributed by atoms with E-state index in [1.54, 1.807) is 31.2 Å². The zero-order valence-electron chi connectivity index (χ0n) is 17.8. The van der Waals surface area contributed by atoms with E-state index < -0.39 is 29.7 Å². The summed E-state index contributed by atoms with van der Waals surface area (Å²) in [4.78, 5) is 14.6. The number of aliphatic hydroxyl groups is 1. The molecule has 172 valence electrons. The van der Waals surface area contributed by atoms with Gasteiger partial charge in [0.25, 0.3) is 0 Å². The molecule has 1 saturated heterocycles. The molecule has 1 spiro atoms. The molecule has 4 rings (SSSR count). The predicted octanol–water partition coefficient (Wildman–Crippen LogP) is 3.35. The van der Waals surface area contributed by atoms with E-state index in [4.69, 9.17) is 4.74 Å². The number of anilines is 1. The van der Waals surface area contributed by atoms with Crippen LogP contribution in [0.25, 0.3) is 5.69 Å². The van der Waals surface area contributed by atoms with Gasteiger partial charge in [0.1, 0.15) is 5.60 Å². The van der Waals surface area contributed by atoms with E-state index in [1.165, 1.54) is 6.20 Å². The molecule has 1 fully saturated rings. The number of aliphatic hydroxyl groups excluding tert-OH is 1. The van der Waals surface area contributed by atoms with Crippen LogP contribution < -0.4 is 5.32 Å². The molecule has 10 heteroatoms. The second-order valence-corrected chi connectivity index (χ2v) is 8.09. The number of nitrogens with one attached hydrogen (secondary N) is 1. The average molecular weight is 450 g/mol. The molecule has 2 aliphatic heterocycles. The molecular formula is C22H25F3N4O3. The highest BCUT2D eigenvalue weighted by Crippen LogP contribution is 2.42. The Morgan fingerprint density at radius 1 is 1.22 bits per heavy atom. The largest absolute Gasteiger partial charge is 0.451 e. The first-order valence-electron chi connectivity index (χ1n) is 10.5. The number of carbonyl (C=O) groups excluding carboxylic acids is 1. The lowest BCUT2D eigenvalue weighted by molar-refractivity contribution is -0.150. The Balaban J connectivity index is 1.50. The van der Waals surface area contributed by atoms with Crippen LogP contribution in [0.1, 0.15) is 32.4 Å². The van der Waals surface area contributed by atoms with Crippen LogP contribution in [0.2, 0.25) is 0 Å². The lowest BCUT2D eigenvalue weighted by Gasteiger charge is -2.40. The van der Waals surface area contributed by atoms with Gasteiger partial charge in [0.15, 0.2) is 11.9 Å². The normalized spacial score (nSPS) is 20.0. The Hall–Kier alpha value is -2.85. The molecule has 3 heterocycles. The fourth-order valence-electron chi connectivity index (χ4n) is 4.38. The van der Waals surface area contributed by atoms with Crippen molar-refractivity contribution in [3.8, 4) is 5.69 Å². The molecule has 0 radical (unpaired) electrons. The molecule has 1 unspecified atom stereocenters. The van der Waals surface area contributed by atoms with Crippen LogP contribution in [-0.2, 0) is 15.7 Å². The molecular weight excluding hydrogens is 425 g/mol. The fourth-order valence-corrected chi connectivity index (χ4v) is 4.38. The van der Waals surface area contributed by atoms with Gasteiger partial charge in [-0.3, -0.25) is 0 Å². The minimum Gasteiger partial charge on any atom is -0.451 e. The van der Waals surface area contributed by atoms with Crippen LogP contribution in [0, 0.1) is 0 Å². The summed E-state index contributed by atoms with van der Waals surface area (Å²) in [6, 6.07) is 7.36. The van der Waals surface area contributed by atoms with Crippen LogP contribution in [0.5, 0.6) is 0 Å². The topological polar surface area (TPSA) is 79.6 Å². The van der Waals surface area contributed by atoms with E-state index in [9.17, 15) is 23.1 Å². The zero-order valence-corrected chi connectivity index (χ0v) is 17.8. The van der Waals surface area contributed by atoms with Crippen molar-refractivity contribution in [2.24, 2.45) is 0 Å². The summed E-state index contributed by atoms with van der Waals surface area (Å²) in [5.74, 6) is -0.416. The smallest absolute Gasteiger partial charge is 0.435 e. The Morgan fingerprint density at radius 3 is 2.44 bits per heavy atom. The number of hydrogen-bond acceptors (Lipinski definition) is 6. The number of rotatable bonds is 5. The number of ether oxygens (including phenoxy) is 1. The number of benzene rings is 1. The van der Waals surface area contributed by atoms with E-state index in [2.05, 4.69) is 22.2 Å². The van der Waals surface area contributed by atoms with Gasteiger partial charge in [0.2, 0.25) is 0 Å². The van der Waals surface area contributed by atoms with Gasteiger partial charge in [-0.05, 0) is 43.8 Å². The quantitative estimate of drug-likeness (QED) is 0.537. The third-order valence-electron chi connectivity index (χ3n) is 6.19. The van der Waals surface area contributed by atoms with Crippen molar-refractivity contribution in [2.45, 2.75) is 44.7 Å². The summed E-state index contributed by atoms with van der Waals surface area (Å²) in [6.45, 7) is 6.18. The van der Waals surface area contributed by atoms with Crippen molar-refractivity contribution in [3.05, 3.63) is 53.4 Å². The summed E-state index contributed by atoms with van der Waals surface area (Å²) in [6.07, 6.45) is -3.19. The van der Waals surface area contributed by atoms with E-state index in [0.717, 1.165) is 30.4 Å². The molecule has 0 bridgehead atoms. The number of alkyl halides is 3. The van der Waals surface area contributed by atoms with Crippen molar-refractivity contribution in [3.63, 3.8) is 0 Å². The third-order valence-corrected chi connectivity index (χ3v) is 6.19. The van der Waals surface area contributed by atoms with Crippen LogP contribution in [0.15, 0.2) is 47.7 Å². The Morgan fingerprint density at radius 2 is 1.88 bits per heavy atom. The second-order valence-electron chi connectivity index (χ2n) is 8.09. The Kier molecular flexibility index (Phi) is 5.76. The summed E-state index contributed by atoms with van der Waals surface area (Å²) in [7, 11) is 0. The highest BCUT2D eigenvalue weighted by Gasteiger charge is 2.50. The summed E-state index contributed by atoms with van der Waals surface area (Å²) in [5, 5.41) is 17.5. The van der Waals surface area contributed by atoms with Crippen LogP contribution in [0.3, 0.4) is 0 Å². The molecule has 32 heavy (non-hydrogen) atoms. The molecule has 0 saturated carbocycles. The van der Waals surface area contributed by atoms with Gasteiger partial charge in [0, 0.05) is 49.0 Å². The number of halogens is 3. The summed E-state index contributed by atoms with van der Waals surface area (Å²) < 4.78 is 45.2. The minimum absolute atomic E-state index is 0.405. The minimum atomic E-state index is -4.51. The Labute approximate surface area is 183 Å². The average Bonchev–Trinajstić information content (AvgIpc) is 3.33. The second kappa shape index (κ2) is 8.25. The summed E-state index contributed by atoms with van der Waals surface area (Å²) in [5.41, 5.74) is 0.154. The van der Waals surface area contributed by atoms with Crippen LogP contribution >= 0.6 is 0 Å². The zero-order chi connectivity index (χ0) is 23.1. The van der Waals surface area contributed by atoms with Gasteiger partial charge in [-0.15, -0.1) is 0 Å². The van der Waals surface area contributed by atoms with Gasteiger partial charge < -0.3 is 20.1 Å². The number of nitrogens with zero attached hydrogens (tertiary/aromatic N) is 3. The first kappa shape index (κ1) is 22.3. The maximum Gasteiger partial charge on any atom is 0.435 e. The number of likely N-dealkylation sites (tertiary alicyclic amines) is 1. The van der Waals surface area contributed by atoms with Gasteiger partial charge in [-0.25, -0.2) is 9.48 Å². The fraction of sp³-hybridized carbons (Fsp3) is 0.455. The van der Waals surface area contributed by atoms with Crippen molar-refractivity contribution in [1.29, 1.82) is 0 Å². The number of carbonyl (C=O) groups is 1. The van der Waals surface area contributed by atoms with Crippen molar-refractivity contribution in [2.75, 3.05) is 25.0 Å². The van der Waals surface area contributed by atoms with E-state index in [0.29, 0.717) is 35.4 Å². The van der Waals surface area contributed by atoms with Crippen molar-refractivity contribution in [1.82, 2.24) is 14.7 Å². The maximum atomic E-state index is 12.8. The SMILES string of the molecule is CCN1CCC2(CC1)OC(=O)C(C)=C2C(O)Nc1ccc(-n2ccc(C(F)(F)F)n2)cc1. The molecule has 7 nitrogen and oxygen atoms in total. The van der Waals surface area contributed by atoms with E-state index >= 15 is 0 Å². The van der Waals surface area contributed by atoms with Crippen LogP contribution in [-0.4, -0.2) is 57.2 Å². The number of hydrogen-bond donors (Lipinski definition) is 2. The van der Waals surface area contributed by atoms with Crippen molar-refractivity contribution < 1.29 is 27.8 Å². The third kappa shape index (κ3) is 4.12. The van der Waals surface area contributed by atoms with Gasteiger partial charge in [0.05, 0.1) is 5.69 Å². The van der Waals surface area contributed by atoms with Crippen molar-refractivity contribution >= 4 is 11.7 Å².